The topological polar surface area (TPSA) is 84.8 Å². The van der Waals surface area contributed by atoms with Crippen LogP contribution in [0.3, 0.4) is 0 Å². The Bertz CT molecular complexity index is 1610. The predicted molar refractivity (Wildman–Crippen MR) is 161 cm³/mol. The van der Waals surface area contributed by atoms with Crippen molar-refractivity contribution in [3.8, 4) is 17.0 Å². The van der Waals surface area contributed by atoms with Gasteiger partial charge in [-0.15, -0.1) is 0 Å². The van der Waals surface area contributed by atoms with Crippen LogP contribution in [-0.2, 0) is 16.6 Å². The van der Waals surface area contributed by atoms with Crippen molar-refractivity contribution in [1.29, 1.82) is 0 Å². The SMILES string of the molecule is Cn1c2ccncc2c2ccc(-c3ccc(OC4CC5(C4)CN(C(=O)CN4CCC(OC6CNC6)CC4)C5)nc3)cc21. The quantitative estimate of drug-likeness (QED) is 0.366. The zero-order chi connectivity index (χ0) is 28.3. The fourth-order valence-corrected chi connectivity index (χ4v) is 7.34. The Balaban J connectivity index is 0.807. The standard InChI is InChI=1S/C33H38N6O3/c1-37-29-6-9-34-18-28(29)27-4-2-22(12-30(27)37)23-3-5-31(36-15-23)42-25-13-33(14-25)20-39(21-33)32(40)19-38-10-7-24(8-11-38)41-26-16-35-17-26/h2-6,9,12,15,18,24-26,35H,7-8,10-11,13-14,16-17,19-21H2,1H3. The molecule has 1 aromatic carbocycles. The number of carbonyl (C=O) groups excluding carboxylic acids is 1. The molecule has 3 aromatic heterocycles. The smallest absolute Gasteiger partial charge is 0.236 e. The molecule has 9 nitrogen and oxygen atoms in total. The fourth-order valence-electron chi connectivity index (χ4n) is 7.34. The highest BCUT2D eigenvalue weighted by Crippen LogP contribution is 2.49. The summed E-state index contributed by atoms with van der Waals surface area (Å²) >= 11 is 0. The molecule has 9 heteroatoms. The summed E-state index contributed by atoms with van der Waals surface area (Å²) < 4.78 is 14.5. The van der Waals surface area contributed by atoms with E-state index in [1.54, 1.807) is 0 Å². The Morgan fingerprint density at radius 3 is 2.50 bits per heavy atom. The zero-order valence-electron chi connectivity index (χ0n) is 24.2. The molecule has 3 aliphatic heterocycles. The number of fused-ring (bicyclic) bond motifs is 3. The van der Waals surface area contributed by atoms with Gasteiger partial charge in [0.2, 0.25) is 11.8 Å². The number of nitrogens with zero attached hydrogens (tertiary/aromatic N) is 5. The van der Waals surface area contributed by atoms with Gasteiger partial charge in [0.15, 0.2) is 0 Å². The number of carbonyl (C=O) groups is 1. The van der Waals surface area contributed by atoms with Crippen molar-refractivity contribution >= 4 is 27.7 Å². The largest absolute Gasteiger partial charge is 0.474 e. The molecule has 0 radical (unpaired) electrons. The summed E-state index contributed by atoms with van der Waals surface area (Å²) in [6.45, 7) is 6.12. The summed E-state index contributed by atoms with van der Waals surface area (Å²) in [5, 5.41) is 5.64. The number of amides is 1. The molecule has 4 aromatic rings. The van der Waals surface area contributed by atoms with Gasteiger partial charge in [-0.1, -0.05) is 12.1 Å². The van der Waals surface area contributed by atoms with E-state index in [1.165, 1.54) is 21.8 Å². The molecule has 1 N–H and O–H groups in total. The summed E-state index contributed by atoms with van der Waals surface area (Å²) in [5.41, 5.74) is 4.80. The van der Waals surface area contributed by atoms with Gasteiger partial charge in [0.05, 0.1) is 24.3 Å². The first kappa shape index (κ1) is 26.1. The Labute approximate surface area is 245 Å². The highest BCUT2D eigenvalue weighted by atomic mass is 16.5. The lowest BCUT2D eigenvalue weighted by atomic mass is 9.61. The molecule has 0 unspecified atom stereocenters. The minimum atomic E-state index is 0.172. The highest BCUT2D eigenvalue weighted by molar-refractivity contribution is 6.08. The fraction of sp³-hybridized carbons (Fsp3) is 0.485. The summed E-state index contributed by atoms with van der Waals surface area (Å²) in [4.78, 5) is 26.2. The molecule has 3 saturated heterocycles. The molecule has 0 bridgehead atoms. The third-order valence-electron chi connectivity index (χ3n) is 9.91. The van der Waals surface area contributed by atoms with Gasteiger partial charge in [-0.25, -0.2) is 4.98 Å². The average molecular weight is 567 g/mol. The summed E-state index contributed by atoms with van der Waals surface area (Å²) in [5.74, 6) is 0.937. The number of piperidine rings is 1. The van der Waals surface area contributed by atoms with Crippen molar-refractivity contribution in [2.24, 2.45) is 12.5 Å². The monoisotopic (exact) mass is 566 g/mol. The molecule has 218 valence electrons. The Hall–Kier alpha value is -3.53. The molecular weight excluding hydrogens is 528 g/mol. The van der Waals surface area contributed by atoms with Crippen molar-refractivity contribution in [3.63, 3.8) is 0 Å². The minimum Gasteiger partial charge on any atom is -0.474 e. The first-order valence-electron chi connectivity index (χ1n) is 15.3. The van der Waals surface area contributed by atoms with Crippen molar-refractivity contribution in [3.05, 3.63) is 55.0 Å². The summed E-state index contributed by atoms with van der Waals surface area (Å²) in [6, 6.07) is 12.7. The van der Waals surface area contributed by atoms with Gasteiger partial charge >= 0.3 is 0 Å². The highest BCUT2D eigenvalue weighted by Gasteiger charge is 2.54. The minimum absolute atomic E-state index is 0.172. The van der Waals surface area contributed by atoms with E-state index in [9.17, 15) is 4.79 Å². The van der Waals surface area contributed by atoms with Crippen LogP contribution in [0.25, 0.3) is 32.9 Å². The van der Waals surface area contributed by atoms with Crippen LogP contribution in [0.2, 0.25) is 0 Å². The molecule has 1 aliphatic carbocycles. The van der Waals surface area contributed by atoms with Crippen molar-refractivity contribution in [2.45, 2.75) is 44.0 Å². The lowest BCUT2D eigenvalue weighted by molar-refractivity contribution is -0.162. The van der Waals surface area contributed by atoms with Crippen LogP contribution in [-0.4, -0.2) is 94.4 Å². The Morgan fingerprint density at radius 2 is 1.76 bits per heavy atom. The van der Waals surface area contributed by atoms with E-state index in [-0.39, 0.29) is 17.4 Å². The van der Waals surface area contributed by atoms with Crippen molar-refractivity contribution < 1.29 is 14.3 Å². The Morgan fingerprint density at radius 1 is 0.952 bits per heavy atom. The number of pyridine rings is 2. The van der Waals surface area contributed by atoms with Crippen LogP contribution < -0.4 is 10.1 Å². The van der Waals surface area contributed by atoms with E-state index in [1.807, 2.05) is 29.6 Å². The van der Waals surface area contributed by atoms with E-state index in [0.717, 1.165) is 76.1 Å². The molecule has 1 saturated carbocycles. The number of ether oxygens (including phenoxy) is 2. The van der Waals surface area contributed by atoms with E-state index < -0.39 is 0 Å². The van der Waals surface area contributed by atoms with E-state index in [0.29, 0.717) is 24.6 Å². The number of aryl methyl sites for hydroxylation is 1. The number of aromatic nitrogens is 3. The lowest BCUT2D eigenvalue weighted by Crippen LogP contribution is -2.66. The van der Waals surface area contributed by atoms with E-state index >= 15 is 0 Å². The molecule has 42 heavy (non-hydrogen) atoms. The molecule has 1 amide bonds. The number of likely N-dealkylation sites (tertiary alicyclic amines) is 2. The number of benzene rings is 1. The van der Waals surface area contributed by atoms with E-state index in [4.69, 9.17) is 9.47 Å². The maximum atomic E-state index is 12.9. The van der Waals surface area contributed by atoms with Crippen LogP contribution in [0.4, 0.5) is 0 Å². The van der Waals surface area contributed by atoms with Crippen molar-refractivity contribution in [1.82, 2.24) is 29.7 Å². The summed E-state index contributed by atoms with van der Waals surface area (Å²) in [7, 11) is 2.10. The van der Waals surface area contributed by atoms with Gasteiger partial charge in [0, 0.05) is 98.2 Å². The van der Waals surface area contributed by atoms with Crippen LogP contribution in [0.1, 0.15) is 25.7 Å². The van der Waals surface area contributed by atoms with Gasteiger partial charge in [-0.05, 0) is 49.4 Å². The van der Waals surface area contributed by atoms with E-state index in [2.05, 4.69) is 62.1 Å². The average Bonchev–Trinajstić information content (AvgIpc) is 3.24. The maximum absolute atomic E-state index is 12.9. The second kappa shape index (κ2) is 10.3. The second-order valence-corrected chi connectivity index (χ2v) is 12.9. The number of rotatable bonds is 7. The summed E-state index contributed by atoms with van der Waals surface area (Å²) in [6.07, 6.45) is 10.6. The van der Waals surface area contributed by atoms with Gasteiger partial charge < -0.3 is 24.3 Å². The first-order valence-corrected chi connectivity index (χ1v) is 15.3. The molecule has 4 fully saturated rings. The van der Waals surface area contributed by atoms with Gasteiger partial charge in [-0.3, -0.25) is 14.7 Å². The normalized spacial score (nSPS) is 21.4. The van der Waals surface area contributed by atoms with Crippen LogP contribution in [0.15, 0.2) is 55.0 Å². The Kier molecular flexibility index (Phi) is 6.42. The van der Waals surface area contributed by atoms with Gasteiger partial charge in [0.25, 0.3) is 0 Å². The molecule has 0 atom stereocenters. The third kappa shape index (κ3) is 4.73. The molecule has 6 heterocycles. The predicted octanol–water partition coefficient (Wildman–Crippen LogP) is 3.61. The second-order valence-electron chi connectivity index (χ2n) is 12.9. The first-order chi connectivity index (χ1) is 20.5. The number of hydrogen-bond donors (Lipinski definition) is 1. The molecule has 8 rings (SSSR count). The van der Waals surface area contributed by atoms with Crippen LogP contribution in [0.5, 0.6) is 5.88 Å². The van der Waals surface area contributed by atoms with Gasteiger partial charge in [0.1, 0.15) is 6.10 Å². The van der Waals surface area contributed by atoms with Crippen LogP contribution >= 0.6 is 0 Å². The van der Waals surface area contributed by atoms with Crippen molar-refractivity contribution in [2.75, 3.05) is 45.8 Å². The molecule has 4 aliphatic rings. The van der Waals surface area contributed by atoms with Crippen LogP contribution in [0, 0.1) is 5.41 Å². The molecule has 1 spiro atoms. The maximum Gasteiger partial charge on any atom is 0.236 e. The zero-order valence-corrected chi connectivity index (χ0v) is 24.2. The van der Waals surface area contributed by atoms with Gasteiger partial charge in [-0.2, -0.15) is 0 Å². The molecular formula is C33H38N6O3. The lowest BCUT2D eigenvalue weighted by Gasteiger charge is -2.58. The third-order valence-corrected chi connectivity index (χ3v) is 9.91. The number of nitrogens with one attached hydrogen (secondary N) is 1. The number of hydrogen-bond acceptors (Lipinski definition) is 7.